The Kier molecular flexibility index (Phi) is 9.73. The molecule has 2 aromatic heterocycles. The van der Waals surface area contributed by atoms with Crippen LogP contribution in [0.15, 0.2) is 24.4 Å². The standard InChI is InChI=1S/C33H41BrN6O7/c1-19-26(30(42)45-7)28-27-20(16-34)17-40(23(27)15-24(29(28)35-19)46-32(44)39-12-10-37(5)11-13-39)25(41)9-8-22-14-21(18-38(22)6)36-31(43)47-33(2,3)4/h8-9,14-15,18,20,35H,10-13,16-17H2,1-7H3,(H,36,43)/b9-8+/t20-/m1/s1. The van der Waals surface area contributed by atoms with E-state index in [1.165, 1.54) is 13.2 Å². The molecule has 14 heteroatoms. The van der Waals surface area contributed by atoms with E-state index >= 15 is 0 Å². The number of nitrogens with zero attached hydrogens (tertiary/aromatic N) is 4. The molecule has 1 aromatic carbocycles. The molecular weight excluding hydrogens is 672 g/mol. The van der Waals surface area contributed by atoms with E-state index in [0.717, 1.165) is 18.7 Å². The Balaban J connectivity index is 1.50. The molecule has 0 spiro atoms. The van der Waals surface area contributed by atoms with Gasteiger partial charge in [0.1, 0.15) is 5.60 Å². The third-order valence-electron chi connectivity index (χ3n) is 8.23. The number of esters is 1. The molecule has 3 amide bonds. The first kappa shape index (κ1) is 34.0. The van der Waals surface area contributed by atoms with E-state index in [-0.39, 0.29) is 17.6 Å². The van der Waals surface area contributed by atoms with E-state index in [0.29, 0.717) is 64.2 Å². The molecule has 1 saturated heterocycles. The molecule has 5 rings (SSSR count). The lowest BCUT2D eigenvalue weighted by Gasteiger charge is -2.31. The largest absolute Gasteiger partial charge is 0.465 e. The Morgan fingerprint density at radius 2 is 1.81 bits per heavy atom. The van der Waals surface area contributed by atoms with E-state index in [9.17, 15) is 19.2 Å². The van der Waals surface area contributed by atoms with Crippen LogP contribution in [-0.4, -0.2) is 101 Å². The zero-order chi connectivity index (χ0) is 34.2. The monoisotopic (exact) mass is 712 g/mol. The van der Waals surface area contributed by atoms with Crippen LogP contribution >= 0.6 is 15.9 Å². The number of rotatable bonds is 6. The third kappa shape index (κ3) is 7.18. The van der Waals surface area contributed by atoms with Crippen molar-refractivity contribution in [2.45, 2.75) is 39.2 Å². The number of H-pyrrole nitrogens is 1. The fourth-order valence-electron chi connectivity index (χ4n) is 5.93. The number of anilines is 2. The number of ether oxygens (including phenoxy) is 3. The molecule has 0 radical (unpaired) electrons. The maximum Gasteiger partial charge on any atom is 0.415 e. The molecule has 4 heterocycles. The van der Waals surface area contributed by atoms with E-state index < -0.39 is 23.8 Å². The summed E-state index contributed by atoms with van der Waals surface area (Å²) in [6, 6.07) is 3.43. The van der Waals surface area contributed by atoms with Crippen LogP contribution in [0, 0.1) is 6.92 Å². The first-order valence-electron chi connectivity index (χ1n) is 15.4. The Morgan fingerprint density at radius 1 is 1.11 bits per heavy atom. The maximum absolute atomic E-state index is 13.8. The van der Waals surface area contributed by atoms with Crippen molar-refractivity contribution in [1.82, 2.24) is 19.4 Å². The van der Waals surface area contributed by atoms with Gasteiger partial charge in [-0.15, -0.1) is 0 Å². The van der Waals surface area contributed by atoms with Crippen LogP contribution in [-0.2, 0) is 21.3 Å². The predicted octanol–water partition coefficient (Wildman–Crippen LogP) is 5.23. The molecule has 2 aliphatic rings. The highest BCUT2D eigenvalue weighted by Crippen LogP contribution is 2.47. The molecule has 3 aromatic rings. The minimum Gasteiger partial charge on any atom is -0.465 e. The number of methoxy groups -OCH3 is 1. The molecule has 0 saturated carbocycles. The molecule has 1 fully saturated rings. The molecule has 252 valence electrons. The Labute approximate surface area is 281 Å². The van der Waals surface area contributed by atoms with Crippen molar-refractivity contribution in [2.75, 3.05) is 62.4 Å². The number of piperazine rings is 1. The summed E-state index contributed by atoms with van der Waals surface area (Å²) in [5.41, 5.74) is 3.27. The number of hydrogen-bond donors (Lipinski definition) is 2. The summed E-state index contributed by atoms with van der Waals surface area (Å²) < 4.78 is 18.2. The van der Waals surface area contributed by atoms with Crippen LogP contribution in [0.2, 0.25) is 0 Å². The van der Waals surface area contributed by atoms with Crippen molar-refractivity contribution >= 4 is 68.3 Å². The topological polar surface area (TPSA) is 138 Å². The number of aryl methyl sites for hydroxylation is 2. The summed E-state index contributed by atoms with van der Waals surface area (Å²) in [6.07, 6.45) is 3.76. The summed E-state index contributed by atoms with van der Waals surface area (Å²) in [5.74, 6) is -0.778. The van der Waals surface area contributed by atoms with E-state index in [2.05, 4.69) is 31.1 Å². The molecule has 0 unspecified atom stereocenters. The zero-order valence-corrected chi connectivity index (χ0v) is 29.3. The lowest BCUT2D eigenvalue weighted by Crippen LogP contribution is -2.48. The van der Waals surface area contributed by atoms with Crippen molar-refractivity contribution in [1.29, 1.82) is 0 Å². The van der Waals surface area contributed by atoms with Crippen molar-refractivity contribution in [3.8, 4) is 5.75 Å². The lowest BCUT2D eigenvalue weighted by atomic mass is 9.95. The average Bonchev–Trinajstić information content (AvgIpc) is 3.66. The van der Waals surface area contributed by atoms with Gasteiger partial charge < -0.3 is 38.5 Å². The van der Waals surface area contributed by atoms with Gasteiger partial charge in [-0.3, -0.25) is 10.1 Å². The average molecular weight is 714 g/mol. The van der Waals surface area contributed by atoms with Crippen LogP contribution in [0.3, 0.4) is 0 Å². The summed E-state index contributed by atoms with van der Waals surface area (Å²) in [5, 5.41) is 3.80. The number of aromatic amines is 1. The molecular formula is C33H41BrN6O7. The van der Waals surface area contributed by atoms with Crippen molar-refractivity contribution in [2.24, 2.45) is 7.05 Å². The second-order valence-corrected chi connectivity index (χ2v) is 13.5. The summed E-state index contributed by atoms with van der Waals surface area (Å²) >= 11 is 3.61. The van der Waals surface area contributed by atoms with Gasteiger partial charge in [0.05, 0.1) is 29.6 Å². The number of amides is 3. The normalized spacial score (nSPS) is 16.9. The molecule has 0 bridgehead atoms. The number of likely N-dealkylation sites (N-methyl/N-ethyl adjacent to an activating group) is 1. The van der Waals surface area contributed by atoms with Crippen molar-refractivity contribution < 1.29 is 33.4 Å². The van der Waals surface area contributed by atoms with E-state index in [1.807, 2.05) is 7.05 Å². The van der Waals surface area contributed by atoms with Gasteiger partial charge in [-0.2, -0.15) is 0 Å². The summed E-state index contributed by atoms with van der Waals surface area (Å²) in [4.78, 5) is 61.1. The summed E-state index contributed by atoms with van der Waals surface area (Å²) in [6.45, 7) is 9.95. The van der Waals surface area contributed by atoms with Crippen LogP contribution < -0.4 is 15.0 Å². The van der Waals surface area contributed by atoms with Crippen LogP contribution in [0.25, 0.3) is 17.0 Å². The van der Waals surface area contributed by atoms with Gasteiger partial charge in [0.15, 0.2) is 5.75 Å². The number of hydrogen-bond acceptors (Lipinski definition) is 8. The first-order chi connectivity index (χ1) is 22.2. The number of carbonyl (C=O) groups excluding carboxylic acids is 4. The number of alkyl halides is 1. The van der Waals surface area contributed by atoms with Gasteiger partial charge in [-0.05, 0) is 52.4 Å². The Morgan fingerprint density at radius 3 is 2.45 bits per heavy atom. The predicted molar refractivity (Wildman–Crippen MR) is 183 cm³/mol. The number of aromatic nitrogens is 2. The van der Waals surface area contributed by atoms with Gasteiger partial charge in [-0.1, -0.05) is 15.9 Å². The van der Waals surface area contributed by atoms with E-state index in [4.69, 9.17) is 14.2 Å². The number of benzene rings is 1. The van der Waals surface area contributed by atoms with Gasteiger partial charge in [0.25, 0.3) is 5.91 Å². The first-order valence-corrected chi connectivity index (χ1v) is 16.5. The fourth-order valence-corrected chi connectivity index (χ4v) is 6.46. The highest BCUT2D eigenvalue weighted by atomic mass is 79.9. The number of halogens is 1. The third-order valence-corrected chi connectivity index (χ3v) is 9.02. The maximum atomic E-state index is 13.8. The number of carbonyl (C=O) groups is 4. The van der Waals surface area contributed by atoms with Crippen LogP contribution in [0.1, 0.15) is 54.0 Å². The second kappa shape index (κ2) is 13.4. The quantitative estimate of drug-likeness (QED) is 0.201. The van der Waals surface area contributed by atoms with Gasteiger partial charge in [0, 0.05) is 86.1 Å². The highest BCUT2D eigenvalue weighted by molar-refractivity contribution is 9.09. The molecule has 0 aliphatic carbocycles. The number of fused-ring (bicyclic) bond motifs is 3. The molecule has 2 aliphatic heterocycles. The van der Waals surface area contributed by atoms with Gasteiger partial charge >= 0.3 is 18.2 Å². The smallest absolute Gasteiger partial charge is 0.415 e. The minimum absolute atomic E-state index is 0.162. The Hall–Kier alpha value is -4.30. The SMILES string of the molecule is COC(=O)c1c(C)[nH]c2c(OC(=O)N3CCN(C)CC3)cc3c(c12)[C@H](CBr)CN3C(=O)/C=C/c1cc(NC(=O)OC(C)(C)C)cn1C. The molecule has 13 nitrogen and oxygen atoms in total. The summed E-state index contributed by atoms with van der Waals surface area (Å²) in [7, 11) is 5.12. The second-order valence-electron chi connectivity index (χ2n) is 12.9. The minimum atomic E-state index is -0.641. The van der Waals surface area contributed by atoms with Crippen molar-refractivity contribution in [3.05, 3.63) is 46.9 Å². The number of nitrogens with one attached hydrogen (secondary N) is 2. The van der Waals surface area contributed by atoms with Gasteiger partial charge in [0.2, 0.25) is 0 Å². The molecule has 2 N–H and O–H groups in total. The molecule has 47 heavy (non-hydrogen) atoms. The Bertz CT molecular complexity index is 1750. The molecule has 1 atom stereocenters. The van der Waals surface area contributed by atoms with Crippen molar-refractivity contribution in [3.63, 3.8) is 0 Å². The lowest BCUT2D eigenvalue weighted by molar-refractivity contribution is -0.114. The van der Waals surface area contributed by atoms with E-state index in [1.54, 1.807) is 73.5 Å². The van der Waals surface area contributed by atoms with Crippen LogP contribution in [0.4, 0.5) is 21.0 Å². The highest BCUT2D eigenvalue weighted by Gasteiger charge is 2.37. The van der Waals surface area contributed by atoms with Gasteiger partial charge in [-0.25, -0.2) is 14.4 Å². The fraction of sp³-hybridized carbons (Fsp3) is 0.455. The van der Waals surface area contributed by atoms with Crippen LogP contribution in [0.5, 0.6) is 5.75 Å². The zero-order valence-electron chi connectivity index (χ0n) is 27.7.